The SMILES string of the molecule is N#Cc1cc(F)cc(-c2cccc(F)c2N)c1. The molecule has 17 heavy (non-hydrogen) atoms. The first-order valence-electron chi connectivity index (χ1n) is 4.87. The molecule has 0 atom stereocenters. The third kappa shape index (κ3) is 2.08. The van der Waals surface area contributed by atoms with Crippen LogP contribution in [-0.2, 0) is 0 Å². The lowest BCUT2D eigenvalue weighted by Crippen LogP contribution is -1.95. The standard InChI is InChI=1S/C13H8F2N2/c14-10-5-8(7-16)4-9(6-10)11-2-1-3-12(15)13(11)17/h1-6H,17H2. The van der Waals surface area contributed by atoms with Gasteiger partial charge in [0.1, 0.15) is 11.6 Å². The fourth-order valence-corrected chi connectivity index (χ4v) is 1.60. The lowest BCUT2D eigenvalue weighted by molar-refractivity contribution is 0.627. The number of nitrogens with zero attached hydrogens (tertiary/aromatic N) is 1. The zero-order chi connectivity index (χ0) is 12.4. The van der Waals surface area contributed by atoms with Gasteiger partial charge in [-0.2, -0.15) is 5.26 Å². The van der Waals surface area contributed by atoms with Crippen molar-refractivity contribution >= 4 is 5.69 Å². The normalized spacial score (nSPS) is 9.94. The predicted octanol–water partition coefficient (Wildman–Crippen LogP) is 3.09. The van der Waals surface area contributed by atoms with Gasteiger partial charge >= 0.3 is 0 Å². The van der Waals surface area contributed by atoms with Gasteiger partial charge in [0, 0.05) is 5.56 Å². The van der Waals surface area contributed by atoms with Crippen LogP contribution >= 0.6 is 0 Å². The second kappa shape index (κ2) is 4.22. The molecular formula is C13H8F2N2. The Hall–Kier alpha value is -2.41. The second-order valence-corrected chi connectivity index (χ2v) is 3.54. The second-order valence-electron chi connectivity index (χ2n) is 3.54. The molecule has 0 saturated carbocycles. The first kappa shape index (κ1) is 11.1. The first-order valence-corrected chi connectivity index (χ1v) is 4.87. The Labute approximate surface area is 96.9 Å². The molecule has 0 radical (unpaired) electrons. The minimum atomic E-state index is -0.565. The predicted molar refractivity (Wildman–Crippen MR) is 60.9 cm³/mol. The third-order valence-electron chi connectivity index (χ3n) is 2.39. The van der Waals surface area contributed by atoms with Gasteiger partial charge in [-0.15, -0.1) is 0 Å². The number of benzene rings is 2. The highest BCUT2D eigenvalue weighted by atomic mass is 19.1. The number of hydrogen-bond acceptors (Lipinski definition) is 2. The van der Waals surface area contributed by atoms with Gasteiger partial charge in [-0.05, 0) is 29.8 Å². The van der Waals surface area contributed by atoms with Crippen molar-refractivity contribution in [2.75, 3.05) is 5.73 Å². The maximum Gasteiger partial charge on any atom is 0.146 e. The number of rotatable bonds is 1. The molecule has 4 heteroatoms. The summed E-state index contributed by atoms with van der Waals surface area (Å²) in [5, 5.41) is 8.74. The van der Waals surface area contributed by atoms with E-state index in [1.165, 1.54) is 24.3 Å². The molecule has 0 heterocycles. The molecule has 2 aromatic carbocycles. The number of halogens is 2. The Kier molecular flexibility index (Phi) is 2.75. The van der Waals surface area contributed by atoms with Crippen LogP contribution in [0.1, 0.15) is 5.56 Å². The maximum absolute atomic E-state index is 13.3. The van der Waals surface area contributed by atoms with E-state index in [1.807, 2.05) is 6.07 Å². The van der Waals surface area contributed by atoms with Gasteiger partial charge in [0.05, 0.1) is 17.3 Å². The van der Waals surface area contributed by atoms with Crippen molar-refractivity contribution in [1.29, 1.82) is 5.26 Å². The highest BCUT2D eigenvalue weighted by Crippen LogP contribution is 2.28. The topological polar surface area (TPSA) is 49.8 Å². The summed E-state index contributed by atoms with van der Waals surface area (Å²) >= 11 is 0. The van der Waals surface area contributed by atoms with Crippen molar-refractivity contribution in [2.24, 2.45) is 0 Å². The molecule has 0 fully saturated rings. The van der Waals surface area contributed by atoms with Crippen molar-refractivity contribution in [1.82, 2.24) is 0 Å². The highest BCUT2D eigenvalue weighted by molar-refractivity contribution is 5.77. The molecule has 2 N–H and O–H groups in total. The number of anilines is 1. The average molecular weight is 230 g/mol. The van der Waals surface area contributed by atoms with E-state index in [4.69, 9.17) is 11.0 Å². The molecule has 0 bridgehead atoms. The van der Waals surface area contributed by atoms with Gasteiger partial charge in [-0.3, -0.25) is 0 Å². The number of nitrogen functional groups attached to an aromatic ring is 1. The molecule has 0 aliphatic rings. The maximum atomic E-state index is 13.3. The quantitative estimate of drug-likeness (QED) is 0.765. The zero-order valence-corrected chi connectivity index (χ0v) is 8.74. The smallest absolute Gasteiger partial charge is 0.146 e. The average Bonchev–Trinajstić information content (AvgIpc) is 2.31. The van der Waals surface area contributed by atoms with Crippen molar-refractivity contribution < 1.29 is 8.78 Å². The lowest BCUT2D eigenvalue weighted by Gasteiger charge is -2.07. The minimum absolute atomic E-state index is 0.0537. The van der Waals surface area contributed by atoms with Crippen LogP contribution < -0.4 is 5.73 Å². The number of hydrogen-bond donors (Lipinski definition) is 1. The molecular weight excluding hydrogens is 222 g/mol. The van der Waals surface area contributed by atoms with Crippen LogP contribution in [0.5, 0.6) is 0 Å². The molecule has 0 aromatic heterocycles. The summed E-state index contributed by atoms with van der Waals surface area (Å²) in [5.74, 6) is -1.12. The van der Waals surface area contributed by atoms with E-state index in [2.05, 4.69) is 0 Å². The lowest BCUT2D eigenvalue weighted by atomic mass is 10.0. The van der Waals surface area contributed by atoms with E-state index in [0.29, 0.717) is 11.1 Å². The Bertz CT molecular complexity index is 615. The van der Waals surface area contributed by atoms with E-state index >= 15 is 0 Å². The molecule has 0 unspecified atom stereocenters. The van der Waals surface area contributed by atoms with E-state index in [-0.39, 0.29) is 11.3 Å². The molecule has 0 spiro atoms. The Balaban J connectivity index is 2.65. The monoisotopic (exact) mass is 230 g/mol. The molecule has 0 amide bonds. The van der Waals surface area contributed by atoms with Crippen LogP contribution in [0, 0.1) is 23.0 Å². The number of nitrogens with two attached hydrogens (primary N) is 1. The summed E-state index contributed by atoms with van der Waals surface area (Å²) < 4.78 is 26.5. The Morgan fingerprint density at radius 1 is 1.12 bits per heavy atom. The molecule has 2 rings (SSSR count). The summed E-state index contributed by atoms with van der Waals surface area (Å²) in [6.45, 7) is 0. The van der Waals surface area contributed by atoms with Crippen molar-refractivity contribution in [3.05, 3.63) is 53.6 Å². The third-order valence-corrected chi connectivity index (χ3v) is 2.39. The molecule has 2 aromatic rings. The van der Waals surface area contributed by atoms with Crippen LogP contribution in [-0.4, -0.2) is 0 Å². The van der Waals surface area contributed by atoms with E-state index in [1.54, 1.807) is 6.07 Å². The molecule has 84 valence electrons. The highest BCUT2D eigenvalue weighted by Gasteiger charge is 2.09. The van der Waals surface area contributed by atoms with E-state index in [0.717, 1.165) is 6.07 Å². The van der Waals surface area contributed by atoms with Crippen LogP contribution in [0.25, 0.3) is 11.1 Å². The number of nitriles is 1. The summed E-state index contributed by atoms with van der Waals surface area (Å²) in [5.41, 5.74) is 6.46. The molecule has 0 aliphatic carbocycles. The van der Waals surface area contributed by atoms with Crippen LogP contribution in [0.15, 0.2) is 36.4 Å². The fourth-order valence-electron chi connectivity index (χ4n) is 1.60. The van der Waals surface area contributed by atoms with Crippen molar-refractivity contribution in [2.45, 2.75) is 0 Å². The van der Waals surface area contributed by atoms with E-state index in [9.17, 15) is 8.78 Å². The summed E-state index contributed by atoms with van der Waals surface area (Å²) in [6, 6.07) is 9.92. The largest absolute Gasteiger partial charge is 0.396 e. The van der Waals surface area contributed by atoms with Crippen LogP contribution in [0.3, 0.4) is 0 Å². The summed E-state index contributed by atoms with van der Waals surface area (Å²) in [7, 11) is 0. The zero-order valence-electron chi connectivity index (χ0n) is 8.74. The number of para-hydroxylation sites is 1. The van der Waals surface area contributed by atoms with Gasteiger partial charge < -0.3 is 5.73 Å². The summed E-state index contributed by atoms with van der Waals surface area (Å²) in [6.07, 6.45) is 0. The summed E-state index contributed by atoms with van der Waals surface area (Å²) in [4.78, 5) is 0. The van der Waals surface area contributed by atoms with E-state index < -0.39 is 11.6 Å². The molecule has 0 saturated heterocycles. The Morgan fingerprint density at radius 3 is 2.59 bits per heavy atom. The van der Waals surface area contributed by atoms with Gasteiger partial charge in [0.25, 0.3) is 0 Å². The molecule has 2 nitrogen and oxygen atoms in total. The van der Waals surface area contributed by atoms with Gasteiger partial charge in [0.2, 0.25) is 0 Å². The fraction of sp³-hybridized carbons (Fsp3) is 0. The van der Waals surface area contributed by atoms with Gasteiger partial charge in [0.15, 0.2) is 0 Å². The van der Waals surface area contributed by atoms with Crippen molar-refractivity contribution in [3.63, 3.8) is 0 Å². The van der Waals surface area contributed by atoms with Crippen LogP contribution in [0.2, 0.25) is 0 Å². The molecule has 0 aliphatic heterocycles. The van der Waals surface area contributed by atoms with Crippen LogP contribution in [0.4, 0.5) is 14.5 Å². The van der Waals surface area contributed by atoms with Crippen molar-refractivity contribution in [3.8, 4) is 17.2 Å². The Morgan fingerprint density at radius 2 is 1.88 bits per heavy atom. The van der Waals surface area contributed by atoms with Gasteiger partial charge in [-0.1, -0.05) is 12.1 Å². The minimum Gasteiger partial charge on any atom is -0.396 e. The first-order chi connectivity index (χ1) is 8.11. The van der Waals surface area contributed by atoms with Gasteiger partial charge in [-0.25, -0.2) is 8.78 Å².